The molecule has 7 nitrogen and oxygen atoms in total. The molecule has 1 aromatic rings. The van der Waals surface area contributed by atoms with Crippen molar-refractivity contribution in [3.63, 3.8) is 0 Å². The normalized spacial score (nSPS) is 11.3. The number of hydrogen-bond acceptors (Lipinski definition) is 5. The van der Waals surface area contributed by atoms with Crippen LogP contribution in [0, 0.1) is 10.1 Å². The molecule has 0 aliphatic rings. The second-order valence-electron chi connectivity index (χ2n) is 2.85. The van der Waals surface area contributed by atoms with E-state index >= 15 is 0 Å². The second kappa shape index (κ2) is 4.41. The number of pyridine rings is 1. The number of H-pyrrole nitrogens is 1. The van der Waals surface area contributed by atoms with Crippen LogP contribution in [0.25, 0.3) is 0 Å². The molecule has 1 heterocycles. The number of ether oxygens (including phenoxy) is 1. The lowest BCUT2D eigenvalue weighted by atomic mass is 10.3. The Morgan fingerprint density at radius 1 is 1.53 bits per heavy atom. The van der Waals surface area contributed by atoms with Crippen LogP contribution in [0.4, 0.5) is 18.9 Å². The van der Waals surface area contributed by atoms with Crippen LogP contribution in [-0.4, -0.2) is 16.3 Å². The predicted molar refractivity (Wildman–Crippen MR) is 48.3 cm³/mol. The Hall–Kier alpha value is -2.10. The number of nitro groups is 1. The summed E-state index contributed by atoms with van der Waals surface area (Å²) in [4.78, 5) is 22.3. The quantitative estimate of drug-likeness (QED) is 0.606. The summed E-state index contributed by atoms with van der Waals surface area (Å²) >= 11 is 0. The molecule has 0 aliphatic heterocycles. The molecule has 0 fully saturated rings. The molecule has 0 spiro atoms. The minimum absolute atomic E-state index is 0.111. The zero-order valence-corrected chi connectivity index (χ0v) is 8.08. The highest BCUT2D eigenvalue weighted by molar-refractivity contribution is 5.45. The molecule has 0 radical (unpaired) electrons. The van der Waals surface area contributed by atoms with E-state index in [0.29, 0.717) is 6.07 Å². The van der Waals surface area contributed by atoms with Gasteiger partial charge in [-0.25, -0.2) is 0 Å². The van der Waals surface area contributed by atoms with Crippen LogP contribution in [-0.2, 0) is 6.54 Å². The molecule has 94 valence electrons. The van der Waals surface area contributed by atoms with Crippen molar-refractivity contribution in [1.29, 1.82) is 0 Å². The third-order valence-corrected chi connectivity index (χ3v) is 1.66. The molecular weight excluding hydrogens is 247 g/mol. The molecular formula is C7H6F3N3O4. The van der Waals surface area contributed by atoms with Gasteiger partial charge in [-0.05, 0) is 0 Å². The number of nitrogens with zero attached hydrogens (tertiary/aromatic N) is 1. The fourth-order valence-corrected chi connectivity index (χ4v) is 1.06. The van der Waals surface area contributed by atoms with Crippen molar-refractivity contribution in [3.8, 4) is 5.75 Å². The first-order valence-electron chi connectivity index (χ1n) is 4.11. The first kappa shape index (κ1) is 13.0. The minimum Gasteiger partial charge on any atom is -0.398 e. The number of rotatable bonds is 3. The van der Waals surface area contributed by atoms with Gasteiger partial charge in [-0.3, -0.25) is 14.9 Å². The van der Waals surface area contributed by atoms with Gasteiger partial charge in [0.1, 0.15) is 0 Å². The summed E-state index contributed by atoms with van der Waals surface area (Å²) < 4.78 is 39.3. The van der Waals surface area contributed by atoms with E-state index in [2.05, 4.69) is 4.74 Å². The van der Waals surface area contributed by atoms with Crippen molar-refractivity contribution in [3.05, 3.63) is 32.2 Å². The zero-order chi connectivity index (χ0) is 13.2. The monoisotopic (exact) mass is 253 g/mol. The smallest absolute Gasteiger partial charge is 0.398 e. The van der Waals surface area contributed by atoms with Gasteiger partial charge < -0.3 is 15.5 Å². The zero-order valence-electron chi connectivity index (χ0n) is 8.08. The number of halogens is 3. The van der Waals surface area contributed by atoms with Gasteiger partial charge in [-0.2, -0.15) is 0 Å². The summed E-state index contributed by atoms with van der Waals surface area (Å²) in [6.45, 7) is -0.290. The molecule has 0 atom stereocenters. The first-order valence-corrected chi connectivity index (χ1v) is 4.11. The Bertz CT molecular complexity index is 496. The Labute approximate surface area is 91.1 Å². The van der Waals surface area contributed by atoms with Crippen LogP contribution in [0.3, 0.4) is 0 Å². The van der Waals surface area contributed by atoms with Crippen LogP contribution in [0.1, 0.15) is 5.69 Å². The van der Waals surface area contributed by atoms with Gasteiger partial charge in [0.15, 0.2) is 0 Å². The lowest BCUT2D eigenvalue weighted by Gasteiger charge is -2.09. The molecule has 17 heavy (non-hydrogen) atoms. The molecule has 3 N–H and O–H groups in total. The van der Waals surface area contributed by atoms with Crippen molar-refractivity contribution in [2.45, 2.75) is 12.9 Å². The summed E-state index contributed by atoms with van der Waals surface area (Å²) in [7, 11) is 0. The van der Waals surface area contributed by atoms with Gasteiger partial charge in [-0.1, -0.05) is 0 Å². The third-order valence-electron chi connectivity index (χ3n) is 1.66. The Morgan fingerprint density at radius 3 is 2.53 bits per heavy atom. The summed E-state index contributed by atoms with van der Waals surface area (Å²) in [6, 6.07) is 0.660. The van der Waals surface area contributed by atoms with Crippen LogP contribution >= 0.6 is 0 Å². The molecule has 0 aliphatic carbocycles. The van der Waals surface area contributed by atoms with Crippen LogP contribution in [0.5, 0.6) is 5.75 Å². The Balaban J connectivity index is 3.38. The number of nitrogens with one attached hydrogen (secondary N) is 1. The van der Waals surface area contributed by atoms with Crippen LogP contribution < -0.4 is 16.0 Å². The van der Waals surface area contributed by atoms with Gasteiger partial charge in [-0.15, -0.1) is 13.2 Å². The summed E-state index contributed by atoms with van der Waals surface area (Å²) in [5.41, 5.74) is 2.36. The predicted octanol–water partition coefficient (Wildman–Crippen LogP) is 0.640. The highest BCUT2D eigenvalue weighted by atomic mass is 19.4. The minimum atomic E-state index is -5.13. The summed E-state index contributed by atoms with van der Waals surface area (Å²) in [5.74, 6) is -1.19. The van der Waals surface area contributed by atoms with Gasteiger partial charge in [0.25, 0.3) is 0 Å². The molecule has 0 unspecified atom stereocenters. The molecule has 1 rings (SSSR count). The summed E-state index contributed by atoms with van der Waals surface area (Å²) in [6.07, 6.45) is -5.13. The van der Waals surface area contributed by atoms with Gasteiger partial charge >= 0.3 is 17.6 Å². The molecule has 0 amide bonds. The van der Waals surface area contributed by atoms with Crippen molar-refractivity contribution in [2.24, 2.45) is 5.73 Å². The molecule has 0 bridgehead atoms. The number of nitrogens with two attached hydrogens (primary N) is 1. The van der Waals surface area contributed by atoms with E-state index in [-0.39, 0.29) is 12.2 Å². The SMILES string of the molecule is NCc1cc(OC(F)(F)F)c([N+](=O)[O-])c(=O)[nH]1. The van der Waals surface area contributed by atoms with Gasteiger partial charge in [0.2, 0.25) is 5.75 Å². The molecule has 10 heteroatoms. The number of alkyl halides is 3. The molecule has 1 aromatic heterocycles. The van der Waals surface area contributed by atoms with E-state index in [9.17, 15) is 28.1 Å². The van der Waals surface area contributed by atoms with Crippen molar-refractivity contribution in [1.82, 2.24) is 4.98 Å². The van der Waals surface area contributed by atoms with Crippen molar-refractivity contribution in [2.75, 3.05) is 0 Å². The number of aromatic amines is 1. The van der Waals surface area contributed by atoms with E-state index in [1.807, 2.05) is 4.98 Å². The number of hydrogen-bond donors (Lipinski definition) is 2. The fraction of sp³-hybridized carbons (Fsp3) is 0.286. The third kappa shape index (κ3) is 3.17. The molecule has 0 saturated heterocycles. The fourth-order valence-electron chi connectivity index (χ4n) is 1.06. The van der Waals surface area contributed by atoms with Gasteiger partial charge in [0.05, 0.1) is 4.92 Å². The highest BCUT2D eigenvalue weighted by Crippen LogP contribution is 2.29. The molecule has 0 saturated carbocycles. The van der Waals surface area contributed by atoms with Crippen LogP contribution in [0.2, 0.25) is 0 Å². The average molecular weight is 253 g/mol. The standard InChI is InChI=1S/C7H6F3N3O4/c8-7(9,10)17-4-1-3(2-11)12-6(14)5(4)13(15)16/h1H,2,11H2,(H,12,14). The second-order valence-corrected chi connectivity index (χ2v) is 2.85. The van der Waals surface area contributed by atoms with E-state index < -0.39 is 28.3 Å². The van der Waals surface area contributed by atoms with Crippen molar-refractivity contribution >= 4 is 5.69 Å². The lowest BCUT2D eigenvalue weighted by molar-refractivity contribution is -0.390. The maximum Gasteiger partial charge on any atom is 0.573 e. The van der Waals surface area contributed by atoms with E-state index in [1.165, 1.54) is 0 Å². The summed E-state index contributed by atoms with van der Waals surface area (Å²) in [5, 5.41) is 10.4. The average Bonchev–Trinajstić information content (AvgIpc) is 2.13. The lowest BCUT2D eigenvalue weighted by Crippen LogP contribution is -2.22. The largest absolute Gasteiger partial charge is 0.573 e. The Morgan fingerprint density at radius 2 is 2.12 bits per heavy atom. The maximum atomic E-state index is 12.0. The first-order chi connectivity index (χ1) is 7.74. The van der Waals surface area contributed by atoms with Gasteiger partial charge in [0, 0.05) is 18.3 Å². The van der Waals surface area contributed by atoms with Crippen LogP contribution in [0.15, 0.2) is 10.9 Å². The van der Waals surface area contributed by atoms with E-state index in [1.54, 1.807) is 0 Å². The number of aromatic nitrogens is 1. The topological polar surface area (TPSA) is 111 Å². The Kier molecular flexibility index (Phi) is 3.36. The van der Waals surface area contributed by atoms with Crippen molar-refractivity contribution < 1.29 is 22.8 Å². The highest BCUT2D eigenvalue weighted by Gasteiger charge is 2.36. The van der Waals surface area contributed by atoms with E-state index in [4.69, 9.17) is 5.73 Å². The molecule has 0 aromatic carbocycles. The maximum absolute atomic E-state index is 12.0. The van der Waals surface area contributed by atoms with E-state index in [0.717, 1.165) is 0 Å².